The van der Waals surface area contributed by atoms with Crippen molar-refractivity contribution in [2.24, 2.45) is 5.92 Å². The molecule has 2 rings (SSSR count). The van der Waals surface area contributed by atoms with Crippen molar-refractivity contribution in [1.82, 2.24) is 14.8 Å². The van der Waals surface area contributed by atoms with E-state index in [-0.39, 0.29) is 12.2 Å². The van der Waals surface area contributed by atoms with Crippen LogP contribution in [0, 0.1) is 17.6 Å². The van der Waals surface area contributed by atoms with Crippen molar-refractivity contribution in [3.05, 3.63) is 40.4 Å². The van der Waals surface area contributed by atoms with Gasteiger partial charge in [0.1, 0.15) is 29.5 Å². The zero-order chi connectivity index (χ0) is 14.7. The highest BCUT2D eigenvalue weighted by Gasteiger charge is 2.12. The number of benzene rings is 1. The molecule has 0 saturated carbocycles. The molecule has 0 saturated heterocycles. The maximum atomic E-state index is 13.7. The SMILES string of the molecule is CC(C)Cn1ncnc1CNc1c(F)cc(Br)cc1F. The maximum absolute atomic E-state index is 13.7. The Bertz CT molecular complexity index is 575. The number of aromatic nitrogens is 3. The second-order valence-corrected chi connectivity index (χ2v) is 5.77. The van der Waals surface area contributed by atoms with Crippen molar-refractivity contribution in [2.45, 2.75) is 26.9 Å². The average Bonchev–Trinajstić information content (AvgIpc) is 2.74. The highest BCUT2D eigenvalue weighted by atomic mass is 79.9. The van der Waals surface area contributed by atoms with E-state index in [4.69, 9.17) is 0 Å². The fraction of sp³-hybridized carbons (Fsp3) is 0.385. The topological polar surface area (TPSA) is 42.7 Å². The third kappa shape index (κ3) is 3.53. The summed E-state index contributed by atoms with van der Waals surface area (Å²) in [7, 11) is 0. The molecule has 0 bridgehead atoms. The Labute approximate surface area is 124 Å². The van der Waals surface area contributed by atoms with Gasteiger partial charge in [-0.15, -0.1) is 0 Å². The van der Waals surface area contributed by atoms with Gasteiger partial charge in [-0.1, -0.05) is 29.8 Å². The van der Waals surface area contributed by atoms with Crippen LogP contribution in [0.2, 0.25) is 0 Å². The zero-order valence-corrected chi connectivity index (χ0v) is 12.8. The van der Waals surface area contributed by atoms with Gasteiger partial charge in [-0.05, 0) is 18.1 Å². The molecule has 0 atom stereocenters. The molecule has 1 aromatic carbocycles. The average molecular weight is 345 g/mol. The third-order valence-corrected chi connectivity index (χ3v) is 3.12. The van der Waals surface area contributed by atoms with E-state index in [2.05, 4.69) is 45.2 Å². The van der Waals surface area contributed by atoms with Crippen LogP contribution in [0.1, 0.15) is 19.7 Å². The van der Waals surface area contributed by atoms with Gasteiger partial charge in [0.15, 0.2) is 0 Å². The Morgan fingerprint density at radius 2 is 1.95 bits per heavy atom. The molecule has 0 fully saturated rings. The van der Waals surface area contributed by atoms with Crippen LogP contribution in [-0.4, -0.2) is 14.8 Å². The van der Waals surface area contributed by atoms with E-state index in [1.165, 1.54) is 18.5 Å². The van der Waals surface area contributed by atoms with E-state index in [0.717, 1.165) is 0 Å². The number of nitrogens with zero attached hydrogens (tertiary/aromatic N) is 3. The molecule has 0 aliphatic rings. The van der Waals surface area contributed by atoms with Gasteiger partial charge in [-0.3, -0.25) is 0 Å². The molecule has 108 valence electrons. The van der Waals surface area contributed by atoms with Crippen molar-refractivity contribution in [3.8, 4) is 0 Å². The van der Waals surface area contributed by atoms with E-state index >= 15 is 0 Å². The minimum atomic E-state index is -0.646. The molecule has 4 nitrogen and oxygen atoms in total. The smallest absolute Gasteiger partial charge is 0.150 e. The van der Waals surface area contributed by atoms with Crippen LogP contribution in [0.3, 0.4) is 0 Å². The molecule has 0 spiro atoms. The highest BCUT2D eigenvalue weighted by Crippen LogP contribution is 2.24. The molecule has 0 aliphatic carbocycles. The van der Waals surface area contributed by atoms with E-state index in [9.17, 15) is 8.78 Å². The molecular formula is C13H15BrF2N4. The first kappa shape index (κ1) is 14.9. The van der Waals surface area contributed by atoms with Crippen LogP contribution in [0.4, 0.5) is 14.5 Å². The van der Waals surface area contributed by atoms with Gasteiger partial charge in [0.25, 0.3) is 0 Å². The van der Waals surface area contributed by atoms with E-state index in [0.29, 0.717) is 22.8 Å². The number of nitrogens with one attached hydrogen (secondary N) is 1. The van der Waals surface area contributed by atoms with Gasteiger partial charge in [-0.25, -0.2) is 18.4 Å². The number of rotatable bonds is 5. The summed E-state index contributed by atoms with van der Waals surface area (Å²) < 4.78 is 29.4. The minimum Gasteiger partial charge on any atom is -0.373 e. The molecule has 1 aromatic heterocycles. The van der Waals surface area contributed by atoms with Crippen molar-refractivity contribution in [3.63, 3.8) is 0 Å². The van der Waals surface area contributed by atoms with Crippen molar-refractivity contribution >= 4 is 21.6 Å². The summed E-state index contributed by atoms with van der Waals surface area (Å²) >= 11 is 3.04. The van der Waals surface area contributed by atoms with Crippen LogP contribution < -0.4 is 5.32 Å². The molecule has 0 aliphatic heterocycles. The zero-order valence-electron chi connectivity index (χ0n) is 11.2. The van der Waals surface area contributed by atoms with Gasteiger partial charge in [0, 0.05) is 11.0 Å². The van der Waals surface area contributed by atoms with Crippen molar-refractivity contribution in [2.75, 3.05) is 5.32 Å². The van der Waals surface area contributed by atoms with Gasteiger partial charge in [-0.2, -0.15) is 5.10 Å². The number of hydrogen-bond donors (Lipinski definition) is 1. The molecule has 1 heterocycles. The fourth-order valence-corrected chi connectivity index (χ4v) is 2.20. The summed E-state index contributed by atoms with van der Waals surface area (Å²) in [5.41, 5.74) is -0.160. The predicted molar refractivity (Wildman–Crippen MR) is 76.2 cm³/mol. The molecule has 20 heavy (non-hydrogen) atoms. The van der Waals surface area contributed by atoms with Gasteiger partial charge < -0.3 is 5.32 Å². The van der Waals surface area contributed by atoms with Crippen LogP contribution >= 0.6 is 15.9 Å². The molecule has 0 amide bonds. The summed E-state index contributed by atoms with van der Waals surface area (Å²) in [5.74, 6) is -0.240. The largest absolute Gasteiger partial charge is 0.373 e. The molecule has 0 unspecified atom stereocenters. The first-order valence-electron chi connectivity index (χ1n) is 6.22. The maximum Gasteiger partial charge on any atom is 0.150 e. The van der Waals surface area contributed by atoms with Gasteiger partial charge in [0.2, 0.25) is 0 Å². The second kappa shape index (κ2) is 6.30. The Morgan fingerprint density at radius 1 is 1.30 bits per heavy atom. The number of anilines is 1. The van der Waals surface area contributed by atoms with Crippen molar-refractivity contribution < 1.29 is 8.78 Å². The normalized spacial score (nSPS) is 11.1. The van der Waals surface area contributed by atoms with E-state index in [1.54, 1.807) is 4.68 Å². The van der Waals surface area contributed by atoms with Crippen molar-refractivity contribution in [1.29, 1.82) is 0 Å². The lowest BCUT2D eigenvalue weighted by Crippen LogP contribution is -2.14. The van der Waals surface area contributed by atoms with Crippen LogP contribution in [0.15, 0.2) is 22.9 Å². The summed E-state index contributed by atoms with van der Waals surface area (Å²) in [6.07, 6.45) is 1.44. The Balaban J connectivity index is 2.12. The van der Waals surface area contributed by atoms with Gasteiger partial charge >= 0.3 is 0 Å². The summed E-state index contributed by atoms with van der Waals surface area (Å²) in [6.45, 7) is 5.05. The molecule has 0 radical (unpaired) electrons. The Kier molecular flexibility index (Phi) is 4.69. The predicted octanol–water partition coefficient (Wildman–Crippen LogP) is 3.59. The molecule has 1 N–H and O–H groups in total. The molecular weight excluding hydrogens is 330 g/mol. The summed E-state index contributed by atoms with van der Waals surface area (Å²) in [4.78, 5) is 4.10. The summed E-state index contributed by atoms with van der Waals surface area (Å²) in [6, 6.07) is 2.43. The van der Waals surface area contributed by atoms with E-state index in [1.807, 2.05) is 0 Å². The molecule has 7 heteroatoms. The lowest BCUT2D eigenvalue weighted by atomic mass is 10.2. The quantitative estimate of drug-likeness (QED) is 0.901. The lowest BCUT2D eigenvalue weighted by Gasteiger charge is -2.11. The fourth-order valence-electron chi connectivity index (χ4n) is 1.80. The first-order valence-corrected chi connectivity index (χ1v) is 7.01. The van der Waals surface area contributed by atoms with E-state index < -0.39 is 11.6 Å². The van der Waals surface area contributed by atoms with Gasteiger partial charge in [0.05, 0.1) is 6.54 Å². The lowest BCUT2D eigenvalue weighted by molar-refractivity contribution is 0.468. The van der Waals surface area contributed by atoms with Crippen LogP contribution in [0.25, 0.3) is 0 Å². The number of hydrogen-bond acceptors (Lipinski definition) is 3. The molecule has 2 aromatic rings. The highest BCUT2D eigenvalue weighted by molar-refractivity contribution is 9.10. The Hall–Kier alpha value is -1.50. The van der Waals surface area contributed by atoms with Crippen LogP contribution in [-0.2, 0) is 13.1 Å². The minimum absolute atomic E-state index is 0.160. The van der Waals surface area contributed by atoms with Crippen LogP contribution in [0.5, 0.6) is 0 Å². The standard InChI is InChI=1S/C13H15BrF2N4/c1-8(2)6-20-12(18-7-19-20)5-17-13-10(15)3-9(14)4-11(13)16/h3-4,7-8,17H,5-6H2,1-2H3. The summed E-state index contributed by atoms with van der Waals surface area (Å²) in [5, 5.41) is 6.83. The second-order valence-electron chi connectivity index (χ2n) is 4.85. The monoisotopic (exact) mass is 344 g/mol. The first-order chi connectivity index (χ1) is 9.47. The number of halogens is 3. The Morgan fingerprint density at radius 3 is 2.55 bits per heavy atom. The third-order valence-electron chi connectivity index (χ3n) is 2.66.